The average molecular weight is 357 g/mol. The van der Waals surface area contributed by atoms with E-state index in [2.05, 4.69) is 25.9 Å². The Balaban J connectivity index is 2.03. The molecule has 0 bridgehead atoms. The summed E-state index contributed by atoms with van der Waals surface area (Å²) in [4.78, 5) is 19.2. The number of H-pyrrole nitrogens is 1. The zero-order chi connectivity index (χ0) is 15.5. The first-order valence-electron chi connectivity index (χ1n) is 6.68. The van der Waals surface area contributed by atoms with Crippen LogP contribution in [0.2, 0.25) is 0 Å². The Bertz CT molecular complexity index is 916. The minimum Gasteiger partial charge on any atom is -0.496 e. The number of methoxy groups -OCH3 is 1. The molecule has 0 aliphatic carbocycles. The van der Waals surface area contributed by atoms with Crippen LogP contribution in [0.3, 0.4) is 0 Å². The maximum atomic E-state index is 12.0. The molecule has 0 spiro atoms. The minimum atomic E-state index is -0.147. The van der Waals surface area contributed by atoms with Gasteiger partial charge in [0, 0.05) is 10.0 Å². The number of rotatable bonds is 3. The predicted molar refractivity (Wildman–Crippen MR) is 92.0 cm³/mol. The van der Waals surface area contributed by atoms with Gasteiger partial charge in [0.05, 0.1) is 18.0 Å². The standard InChI is InChI=1S/C17H13BrN2O2/c1-22-15-8-7-12(18)10-11(15)6-9-16-19-14-5-3-2-4-13(14)17(21)20-16/h2-10H,1H3,(H,19,20,21). The predicted octanol–water partition coefficient (Wildman–Crippen LogP) is 3.86. The summed E-state index contributed by atoms with van der Waals surface area (Å²) in [6.45, 7) is 0. The van der Waals surface area contributed by atoms with Gasteiger partial charge in [-0.2, -0.15) is 0 Å². The van der Waals surface area contributed by atoms with Gasteiger partial charge in [-0.15, -0.1) is 0 Å². The normalized spacial score (nSPS) is 11.2. The number of fused-ring (bicyclic) bond motifs is 1. The van der Waals surface area contributed by atoms with Gasteiger partial charge >= 0.3 is 0 Å². The summed E-state index contributed by atoms with van der Waals surface area (Å²) in [5.41, 5.74) is 1.42. The molecule has 0 amide bonds. The number of hydrogen-bond donors (Lipinski definition) is 1. The van der Waals surface area contributed by atoms with Crippen molar-refractivity contribution >= 4 is 39.0 Å². The molecule has 0 atom stereocenters. The van der Waals surface area contributed by atoms with Crippen molar-refractivity contribution in [3.8, 4) is 5.75 Å². The number of nitrogens with zero attached hydrogens (tertiary/aromatic N) is 1. The highest BCUT2D eigenvalue weighted by Gasteiger charge is 2.03. The summed E-state index contributed by atoms with van der Waals surface area (Å²) in [7, 11) is 1.62. The second-order valence-electron chi connectivity index (χ2n) is 4.69. The number of nitrogens with one attached hydrogen (secondary N) is 1. The molecule has 110 valence electrons. The van der Waals surface area contributed by atoms with Crippen LogP contribution >= 0.6 is 15.9 Å². The van der Waals surface area contributed by atoms with Crippen LogP contribution < -0.4 is 10.3 Å². The molecule has 1 heterocycles. The van der Waals surface area contributed by atoms with Crippen LogP contribution in [0.5, 0.6) is 5.75 Å². The van der Waals surface area contributed by atoms with Gasteiger partial charge in [0.1, 0.15) is 11.6 Å². The number of para-hydroxylation sites is 1. The third-order valence-corrected chi connectivity index (χ3v) is 3.74. The molecule has 0 aliphatic rings. The zero-order valence-electron chi connectivity index (χ0n) is 11.8. The Morgan fingerprint density at radius 2 is 2.00 bits per heavy atom. The number of aromatic amines is 1. The van der Waals surface area contributed by atoms with E-state index in [1.54, 1.807) is 19.3 Å². The van der Waals surface area contributed by atoms with Crippen molar-refractivity contribution in [2.24, 2.45) is 0 Å². The summed E-state index contributed by atoms with van der Waals surface area (Å²) in [5.74, 6) is 1.26. The first kappa shape index (κ1) is 14.5. The van der Waals surface area contributed by atoms with Gasteiger partial charge in [0.25, 0.3) is 5.56 Å². The maximum absolute atomic E-state index is 12.0. The van der Waals surface area contributed by atoms with Gasteiger partial charge in [-0.05, 0) is 42.5 Å². The Kier molecular flexibility index (Phi) is 4.06. The van der Waals surface area contributed by atoms with Crippen LogP contribution in [0, 0.1) is 0 Å². The Morgan fingerprint density at radius 1 is 1.18 bits per heavy atom. The van der Waals surface area contributed by atoms with E-state index in [-0.39, 0.29) is 5.56 Å². The summed E-state index contributed by atoms with van der Waals surface area (Å²) in [6, 6.07) is 13.0. The minimum absolute atomic E-state index is 0.147. The van der Waals surface area contributed by atoms with Gasteiger partial charge in [-0.3, -0.25) is 4.79 Å². The summed E-state index contributed by atoms with van der Waals surface area (Å²) < 4.78 is 6.27. The number of hydrogen-bond acceptors (Lipinski definition) is 3. The summed E-state index contributed by atoms with van der Waals surface area (Å²) in [5, 5.41) is 0.583. The number of benzene rings is 2. The number of ether oxygens (including phenoxy) is 1. The van der Waals surface area contributed by atoms with Crippen molar-refractivity contribution in [3.05, 3.63) is 68.7 Å². The molecule has 0 unspecified atom stereocenters. The lowest BCUT2D eigenvalue weighted by molar-refractivity contribution is 0.414. The van der Waals surface area contributed by atoms with E-state index in [1.807, 2.05) is 42.5 Å². The first-order valence-corrected chi connectivity index (χ1v) is 7.47. The molecular weight excluding hydrogens is 344 g/mol. The lowest BCUT2D eigenvalue weighted by atomic mass is 10.2. The largest absolute Gasteiger partial charge is 0.496 e. The zero-order valence-corrected chi connectivity index (χ0v) is 13.4. The highest BCUT2D eigenvalue weighted by Crippen LogP contribution is 2.24. The SMILES string of the molecule is COc1ccc(Br)cc1C=Cc1nc2ccccc2c(=O)[nH]1. The van der Waals surface area contributed by atoms with E-state index in [0.717, 1.165) is 15.8 Å². The number of halogens is 1. The van der Waals surface area contributed by atoms with Crippen molar-refractivity contribution in [2.75, 3.05) is 7.11 Å². The van der Waals surface area contributed by atoms with Gasteiger partial charge in [0.2, 0.25) is 0 Å². The Labute approximate surface area is 135 Å². The van der Waals surface area contributed by atoms with E-state index >= 15 is 0 Å². The third-order valence-electron chi connectivity index (χ3n) is 3.24. The fourth-order valence-electron chi connectivity index (χ4n) is 2.19. The highest BCUT2D eigenvalue weighted by atomic mass is 79.9. The molecule has 0 radical (unpaired) electrons. The Hall–Kier alpha value is -2.40. The molecule has 2 aromatic carbocycles. The molecule has 1 aromatic heterocycles. The molecule has 0 fully saturated rings. The van der Waals surface area contributed by atoms with Crippen LogP contribution in [0.25, 0.3) is 23.1 Å². The van der Waals surface area contributed by atoms with Crippen LogP contribution in [0.15, 0.2) is 51.7 Å². The average Bonchev–Trinajstić information content (AvgIpc) is 2.53. The maximum Gasteiger partial charge on any atom is 0.259 e. The van der Waals surface area contributed by atoms with Crippen molar-refractivity contribution in [1.82, 2.24) is 9.97 Å². The smallest absolute Gasteiger partial charge is 0.259 e. The summed E-state index contributed by atoms with van der Waals surface area (Å²) >= 11 is 3.43. The molecular formula is C17H13BrN2O2. The second-order valence-corrected chi connectivity index (χ2v) is 5.60. The monoisotopic (exact) mass is 356 g/mol. The molecule has 0 aliphatic heterocycles. The van der Waals surface area contributed by atoms with E-state index < -0.39 is 0 Å². The number of aromatic nitrogens is 2. The molecule has 5 heteroatoms. The quantitative estimate of drug-likeness (QED) is 0.774. The van der Waals surface area contributed by atoms with Gasteiger partial charge in [0.15, 0.2) is 0 Å². The van der Waals surface area contributed by atoms with Crippen LogP contribution in [-0.4, -0.2) is 17.1 Å². The van der Waals surface area contributed by atoms with Crippen molar-refractivity contribution in [1.29, 1.82) is 0 Å². The van der Waals surface area contributed by atoms with Crippen LogP contribution in [0.1, 0.15) is 11.4 Å². The molecule has 3 aromatic rings. The lowest BCUT2D eigenvalue weighted by Gasteiger charge is -2.05. The van der Waals surface area contributed by atoms with Gasteiger partial charge < -0.3 is 9.72 Å². The van der Waals surface area contributed by atoms with Crippen molar-refractivity contribution in [2.45, 2.75) is 0 Å². The van der Waals surface area contributed by atoms with E-state index in [4.69, 9.17) is 4.74 Å². The van der Waals surface area contributed by atoms with Crippen molar-refractivity contribution < 1.29 is 4.74 Å². The van der Waals surface area contributed by atoms with Crippen LogP contribution in [-0.2, 0) is 0 Å². The highest BCUT2D eigenvalue weighted by molar-refractivity contribution is 9.10. The van der Waals surface area contributed by atoms with Crippen molar-refractivity contribution in [3.63, 3.8) is 0 Å². The van der Waals surface area contributed by atoms with Gasteiger partial charge in [-0.25, -0.2) is 4.98 Å². The molecule has 0 saturated heterocycles. The first-order chi connectivity index (χ1) is 10.7. The third kappa shape index (κ3) is 2.94. The van der Waals surface area contributed by atoms with E-state index in [1.165, 1.54) is 0 Å². The molecule has 1 N–H and O–H groups in total. The Morgan fingerprint density at radius 3 is 2.82 bits per heavy atom. The molecule has 0 saturated carbocycles. The van der Waals surface area contributed by atoms with E-state index in [0.29, 0.717) is 16.7 Å². The topological polar surface area (TPSA) is 55.0 Å². The van der Waals surface area contributed by atoms with Gasteiger partial charge in [-0.1, -0.05) is 28.1 Å². The molecule has 3 rings (SSSR count). The van der Waals surface area contributed by atoms with E-state index in [9.17, 15) is 4.79 Å². The second kappa shape index (κ2) is 6.15. The molecule has 4 nitrogen and oxygen atoms in total. The van der Waals surface area contributed by atoms with Crippen LogP contribution in [0.4, 0.5) is 0 Å². The molecule has 22 heavy (non-hydrogen) atoms. The fraction of sp³-hybridized carbons (Fsp3) is 0.0588. The fourth-order valence-corrected chi connectivity index (χ4v) is 2.57. The lowest BCUT2D eigenvalue weighted by Crippen LogP contribution is -2.09. The summed E-state index contributed by atoms with van der Waals surface area (Å²) in [6.07, 6.45) is 3.62.